The normalized spacial score (nSPS) is 11.2. The quantitative estimate of drug-likeness (QED) is 0.497. The minimum absolute atomic E-state index is 0.0958. The SMILES string of the molecule is CCNC(=NCC(=O)NCc1ccccc1)NCCc1ncc(C)s1. The average Bonchev–Trinajstić information content (AvgIpc) is 3.04. The lowest BCUT2D eigenvalue weighted by Gasteiger charge is -2.10. The van der Waals surface area contributed by atoms with Crippen LogP contribution in [0.4, 0.5) is 0 Å². The van der Waals surface area contributed by atoms with Crippen molar-refractivity contribution in [3.05, 3.63) is 52.0 Å². The summed E-state index contributed by atoms with van der Waals surface area (Å²) in [5, 5.41) is 10.3. The van der Waals surface area contributed by atoms with Crippen LogP contribution in [0.5, 0.6) is 0 Å². The molecule has 7 heteroatoms. The summed E-state index contributed by atoms with van der Waals surface area (Å²) in [6.45, 7) is 6.13. The van der Waals surface area contributed by atoms with Gasteiger partial charge in [0.15, 0.2) is 5.96 Å². The van der Waals surface area contributed by atoms with E-state index in [-0.39, 0.29) is 12.5 Å². The summed E-state index contributed by atoms with van der Waals surface area (Å²) in [6.07, 6.45) is 2.72. The van der Waals surface area contributed by atoms with Gasteiger partial charge in [-0.1, -0.05) is 30.3 Å². The molecule has 134 valence electrons. The highest BCUT2D eigenvalue weighted by molar-refractivity contribution is 7.11. The zero-order valence-electron chi connectivity index (χ0n) is 14.7. The Morgan fingerprint density at radius 1 is 1.20 bits per heavy atom. The predicted molar refractivity (Wildman–Crippen MR) is 103 cm³/mol. The van der Waals surface area contributed by atoms with Crippen molar-refractivity contribution < 1.29 is 4.79 Å². The summed E-state index contributed by atoms with van der Waals surface area (Å²) in [4.78, 5) is 21.8. The summed E-state index contributed by atoms with van der Waals surface area (Å²) in [5.74, 6) is 0.544. The zero-order chi connectivity index (χ0) is 17.9. The fraction of sp³-hybridized carbons (Fsp3) is 0.389. The predicted octanol–water partition coefficient (Wildman–Crippen LogP) is 1.87. The summed E-state index contributed by atoms with van der Waals surface area (Å²) in [5.41, 5.74) is 1.07. The fourth-order valence-electron chi connectivity index (χ4n) is 2.15. The molecule has 0 bridgehead atoms. The Morgan fingerprint density at radius 3 is 2.68 bits per heavy atom. The zero-order valence-corrected chi connectivity index (χ0v) is 15.5. The highest BCUT2D eigenvalue weighted by Gasteiger charge is 2.03. The van der Waals surface area contributed by atoms with E-state index in [1.165, 1.54) is 4.88 Å². The summed E-state index contributed by atoms with van der Waals surface area (Å²) < 4.78 is 0. The molecule has 0 fully saturated rings. The molecule has 0 saturated carbocycles. The Morgan fingerprint density at radius 2 is 2.00 bits per heavy atom. The van der Waals surface area contributed by atoms with Crippen molar-refractivity contribution in [1.82, 2.24) is 20.9 Å². The van der Waals surface area contributed by atoms with E-state index in [2.05, 4.69) is 25.9 Å². The maximum Gasteiger partial charge on any atom is 0.242 e. The maximum atomic E-state index is 11.9. The smallest absolute Gasteiger partial charge is 0.242 e. The van der Waals surface area contributed by atoms with E-state index in [1.54, 1.807) is 11.3 Å². The van der Waals surface area contributed by atoms with Gasteiger partial charge in [-0.05, 0) is 19.4 Å². The van der Waals surface area contributed by atoms with E-state index in [4.69, 9.17) is 0 Å². The van der Waals surface area contributed by atoms with Crippen LogP contribution in [0, 0.1) is 6.92 Å². The molecule has 0 atom stereocenters. The molecule has 2 aromatic rings. The first-order valence-electron chi connectivity index (χ1n) is 8.41. The number of aryl methyl sites for hydroxylation is 1. The van der Waals surface area contributed by atoms with Gasteiger partial charge in [0.2, 0.25) is 5.91 Å². The molecule has 1 aromatic carbocycles. The second-order valence-corrected chi connectivity index (χ2v) is 6.82. The molecule has 0 aliphatic carbocycles. The van der Waals surface area contributed by atoms with Gasteiger partial charge < -0.3 is 16.0 Å². The molecule has 1 heterocycles. The molecule has 1 aromatic heterocycles. The van der Waals surface area contributed by atoms with Gasteiger partial charge in [-0.15, -0.1) is 11.3 Å². The molecule has 3 N–H and O–H groups in total. The molecule has 0 radical (unpaired) electrons. The van der Waals surface area contributed by atoms with Gasteiger partial charge in [-0.3, -0.25) is 4.79 Å². The number of guanidine groups is 1. The first kappa shape index (κ1) is 18.9. The number of nitrogens with zero attached hydrogens (tertiary/aromatic N) is 2. The summed E-state index contributed by atoms with van der Waals surface area (Å²) >= 11 is 1.70. The van der Waals surface area contributed by atoms with Crippen molar-refractivity contribution in [1.29, 1.82) is 0 Å². The second kappa shape index (κ2) is 10.5. The molecule has 2 rings (SSSR count). The number of thiazole rings is 1. The van der Waals surface area contributed by atoms with Crippen LogP contribution in [-0.2, 0) is 17.8 Å². The fourth-order valence-corrected chi connectivity index (χ4v) is 2.94. The number of aromatic nitrogens is 1. The lowest BCUT2D eigenvalue weighted by Crippen LogP contribution is -2.39. The van der Waals surface area contributed by atoms with Crippen LogP contribution in [0.1, 0.15) is 22.4 Å². The topological polar surface area (TPSA) is 78.4 Å². The number of hydrogen-bond acceptors (Lipinski definition) is 4. The van der Waals surface area contributed by atoms with Crippen LogP contribution in [0.15, 0.2) is 41.5 Å². The summed E-state index contributed by atoms with van der Waals surface area (Å²) in [6, 6.07) is 9.83. The van der Waals surface area contributed by atoms with Crippen LogP contribution < -0.4 is 16.0 Å². The number of carbonyl (C=O) groups is 1. The first-order valence-corrected chi connectivity index (χ1v) is 9.23. The Hall–Kier alpha value is -2.41. The molecule has 25 heavy (non-hydrogen) atoms. The molecular weight excluding hydrogens is 334 g/mol. The van der Waals surface area contributed by atoms with E-state index < -0.39 is 0 Å². The van der Waals surface area contributed by atoms with Crippen LogP contribution in [0.25, 0.3) is 0 Å². The largest absolute Gasteiger partial charge is 0.357 e. The first-order chi connectivity index (χ1) is 12.2. The van der Waals surface area contributed by atoms with Crippen molar-refractivity contribution >= 4 is 23.2 Å². The second-order valence-electron chi connectivity index (χ2n) is 5.50. The number of amides is 1. The molecule has 0 unspecified atom stereocenters. The minimum atomic E-state index is -0.100. The Labute approximate surface area is 152 Å². The Bertz CT molecular complexity index is 684. The molecule has 0 spiro atoms. The van der Waals surface area contributed by atoms with E-state index >= 15 is 0 Å². The van der Waals surface area contributed by atoms with Gasteiger partial charge in [-0.25, -0.2) is 9.98 Å². The molecular formula is C18H25N5OS. The Balaban J connectivity index is 1.74. The van der Waals surface area contributed by atoms with Crippen molar-refractivity contribution in [3.63, 3.8) is 0 Å². The Kier molecular flexibility index (Phi) is 7.91. The molecule has 1 amide bonds. The highest BCUT2D eigenvalue weighted by Crippen LogP contribution is 2.10. The average molecular weight is 359 g/mol. The van der Waals surface area contributed by atoms with Gasteiger partial charge in [0.05, 0.1) is 5.01 Å². The van der Waals surface area contributed by atoms with Gasteiger partial charge in [0.1, 0.15) is 6.54 Å². The van der Waals surface area contributed by atoms with Crippen LogP contribution in [0.3, 0.4) is 0 Å². The van der Waals surface area contributed by atoms with Crippen molar-refractivity contribution in [2.75, 3.05) is 19.6 Å². The van der Waals surface area contributed by atoms with Gasteiger partial charge in [0.25, 0.3) is 0 Å². The maximum absolute atomic E-state index is 11.9. The lowest BCUT2D eigenvalue weighted by molar-refractivity contribution is -0.119. The number of aliphatic imine (C=N–C) groups is 1. The van der Waals surface area contributed by atoms with E-state index in [1.807, 2.05) is 50.4 Å². The number of benzene rings is 1. The van der Waals surface area contributed by atoms with Crippen molar-refractivity contribution in [2.45, 2.75) is 26.8 Å². The third-order valence-electron chi connectivity index (χ3n) is 3.36. The monoisotopic (exact) mass is 359 g/mol. The number of rotatable bonds is 8. The van der Waals surface area contributed by atoms with Crippen LogP contribution >= 0.6 is 11.3 Å². The van der Waals surface area contributed by atoms with Crippen LogP contribution in [-0.4, -0.2) is 36.5 Å². The molecule has 0 aliphatic rings. The molecule has 0 saturated heterocycles. The van der Waals surface area contributed by atoms with Crippen LogP contribution in [0.2, 0.25) is 0 Å². The number of carbonyl (C=O) groups excluding carboxylic acids is 1. The van der Waals surface area contributed by atoms with E-state index in [0.29, 0.717) is 12.5 Å². The van der Waals surface area contributed by atoms with Gasteiger partial charge in [0, 0.05) is 37.1 Å². The molecule has 0 aliphatic heterocycles. The van der Waals surface area contributed by atoms with Crippen molar-refractivity contribution in [3.8, 4) is 0 Å². The van der Waals surface area contributed by atoms with Gasteiger partial charge >= 0.3 is 0 Å². The van der Waals surface area contributed by atoms with E-state index in [0.717, 1.165) is 30.1 Å². The van der Waals surface area contributed by atoms with Crippen molar-refractivity contribution in [2.24, 2.45) is 4.99 Å². The number of hydrogen-bond donors (Lipinski definition) is 3. The third-order valence-corrected chi connectivity index (χ3v) is 4.33. The number of nitrogens with one attached hydrogen (secondary N) is 3. The van der Waals surface area contributed by atoms with E-state index in [9.17, 15) is 4.79 Å². The lowest BCUT2D eigenvalue weighted by atomic mass is 10.2. The molecule has 6 nitrogen and oxygen atoms in total. The standard InChI is InChI=1S/C18H25N5OS/c1-3-19-18(20-10-9-17-22-11-14(2)25-17)23-13-16(24)21-12-15-7-5-4-6-8-15/h4-8,11H,3,9-10,12-13H2,1-2H3,(H,21,24)(H2,19,20,23). The minimum Gasteiger partial charge on any atom is -0.357 e. The summed E-state index contributed by atoms with van der Waals surface area (Å²) in [7, 11) is 0. The van der Waals surface area contributed by atoms with Gasteiger partial charge in [-0.2, -0.15) is 0 Å². The highest BCUT2D eigenvalue weighted by atomic mass is 32.1. The third kappa shape index (κ3) is 7.34.